The summed E-state index contributed by atoms with van der Waals surface area (Å²) in [5.41, 5.74) is 19.9. The van der Waals surface area contributed by atoms with Crippen LogP contribution in [0.15, 0.2) is 108 Å². The summed E-state index contributed by atoms with van der Waals surface area (Å²) < 4.78 is 0. The molecule has 82 heavy (non-hydrogen) atoms. The molecule has 0 fully saturated rings. The second-order valence-electron chi connectivity index (χ2n) is 27.5. The Hall–Kier alpha value is -5.75. The van der Waals surface area contributed by atoms with Gasteiger partial charge in [-0.05, 0) is 127 Å². The zero-order valence-electron chi connectivity index (χ0n) is 51.8. The number of fused-ring (bicyclic) bond motifs is 4. The average molecular weight is 1120 g/mol. The van der Waals surface area contributed by atoms with Crippen molar-refractivity contribution in [2.24, 2.45) is 10.4 Å². The van der Waals surface area contributed by atoms with Crippen molar-refractivity contribution in [1.29, 1.82) is 0 Å². The number of rotatable bonds is 6. The average Bonchev–Trinajstić information content (AvgIpc) is 4.15. The minimum absolute atomic E-state index is 0. The van der Waals surface area contributed by atoms with Gasteiger partial charge in [0.2, 0.25) is 0 Å². The first-order valence-electron chi connectivity index (χ1n) is 28.6. The molecule has 6 heteroatoms. The standard InChI is InChI=1S/C16H23N.C15H22N2.C14H19N.C13H18N2.C12H18.6CH4/c1-15(2,3)12-8-7-11-9-14(16(4,5)6)17-13(11)10-12;1-14(2,3)10-7-8-11-12(9-10)17-13(16-11)15(4,5)6;1-9(2)11-5-6-12-8-13(10(3)4)15-14(12)7-11;1-8(2)10-5-6-11-12(7-10)15-13(14-11)9(3)4;1-9(2)11-5-7-12(8-6-11)10(3)4;;;;;;/h7-8,10H,9H2,1-6H3;7-9H,1-6H3,(H,16,17);5-10,15H,1-4H3;5-9H,1-4H3,(H,14,15);5-10H,1-4H3;6*1H4. The van der Waals surface area contributed by atoms with Crippen LogP contribution in [0, 0.1) is 5.41 Å². The molecule has 1 aliphatic rings. The molecule has 9 rings (SSSR count). The van der Waals surface area contributed by atoms with Crippen LogP contribution in [-0.2, 0) is 22.7 Å². The predicted octanol–water partition coefficient (Wildman–Crippen LogP) is 24.8. The molecule has 458 valence electrons. The molecule has 4 heterocycles. The minimum atomic E-state index is 0. The Morgan fingerprint density at radius 3 is 1.24 bits per heavy atom. The fraction of sp³-hybridized carbons (Fsp3) is 0.539. The van der Waals surface area contributed by atoms with E-state index in [2.05, 4.69) is 294 Å². The first-order chi connectivity index (χ1) is 35.1. The molecule has 0 amide bonds. The van der Waals surface area contributed by atoms with Crippen LogP contribution in [0.4, 0.5) is 5.69 Å². The highest BCUT2D eigenvalue weighted by Crippen LogP contribution is 2.37. The van der Waals surface area contributed by atoms with Gasteiger partial charge in [0.15, 0.2) is 0 Å². The van der Waals surface area contributed by atoms with Crippen LogP contribution in [0.25, 0.3) is 33.0 Å². The second-order valence-corrected chi connectivity index (χ2v) is 27.5. The predicted molar refractivity (Wildman–Crippen MR) is 375 cm³/mol. The Morgan fingerprint density at radius 2 is 0.793 bits per heavy atom. The molecule has 3 aromatic heterocycles. The van der Waals surface area contributed by atoms with Gasteiger partial charge in [-0.1, -0.05) is 271 Å². The third kappa shape index (κ3) is 21.5. The van der Waals surface area contributed by atoms with Crippen LogP contribution in [0.2, 0.25) is 0 Å². The van der Waals surface area contributed by atoms with E-state index in [1.807, 2.05) is 0 Å². The Bertz CT molecular complexity index is 3010. The zero-order valence-corrected chi connectivity index (χ0v) is 51.8. The number of imidazole rings is 2. The van der Waals surface area contributed by atoms with E-state index in [1.54, 1.807) is 0 Å². The number of nitrogens with one attached hydrogen (secondary N) is 3. The normalized spacial score (nSPS) is 12.0. The summed E-state index contributed by atoms with van der Waals surface area (Å²) in [5.74, 6) is 5.61. The Labute approximate surface area is 505 Å². The smallest absolute Gasteiger partial charge is 0.112 e. The number of benzene rings is 5. The molecule has 6 nitrogen and oxygen atoms in total. The highest BCUT2D eigenvalue weighted by atomic mass is 14.9. The second kappa shape index (κ2) is 31.8. The lowest BCUT2D eigenvalue weighted by Gasteiger charge is -2.19. The highest BCUT2D eigenvalue weighted by Gasteiger charge is 2.26. The van der Waals surface area contributed by atoms with Gasteiger partial charge < -0.3 is 15.0 Å². The molecule has 0 saturated carbocycles. The fourth-order valence-corrected chi connectivity index (χ4v) is 8.70. The van der Waals surface area contributed by atoms with Gasteiger partial charge in [-0.15, -0.1) is 0 Å². The van der Waals surface area contributed by atoms with Gasteiger partial charge in [0, 0.05) is 40.1 Å². The maximum atomic E-state index is 4.81. The lowest BCUT2D eigenvalue weighted by Crippen LogP contribution is -2.19. The lowest BCUT2D eigenvalue weighted by molar-refractivity contribution is 0.554. The van der Waals surface area contributed by atoms with Crippen molar-refractivity contribution in [2.45, 2.75) is 269 Å². The summed E-state index contributed by atoms with van der Waals surface area (Å²) in [7, 11) is 0. The number of aromatic nitrogens is 5. The van der Waals surface area contributed by atoms with Gasteiger partial charge >= 0.3 is 0 Å². The van der Waals surface area contributed by atoms with E-state index in [0.717, 1.165) is 40.1 Å². The number of H-pyrrole nitrogens is 3. The molecule has 1 aliphatic heterocycles. The van der Waals surface area contributed by atoms with Gasteiger partial charge in [-0.2, -0.15) is 0 Å². The van der Waals surface area contributed by atoms with E-state index >= 15 is 0 Å². The molecule has 0 bridgehead atoms. The van der Waals surface area contributed by atoms with Crippen molar-refractivity contribution >= 4 is 44.4 Å². The Kier molecular flexibility index (Phi) is 30.4. The number of aromatic amines is 3. The molecule has 8 aromatic rings. The van der Waals surface area contributed by atoms with Gasteiger partial charge in [0.1, 0.15) is 11.6 Å². The number of hydrogen-bond acceptors (Lipinski definition) is 3. The molecule has 0 unspecified atom stereocenters. The molecule has 0 spiro atoms. The summed E-state index contributed by atoms with van der Waals surface area (Å²) in [5, 5.41) is 1.32. The van der Waals surface area contributed by atoms with E-state index < -0.39 is 0 Å². The Balaban J connectivity index is 0. The number of hydrogen-bond donors (Lipinski definition) is 3. The number of aliphatic imine (C=N–C) groups is 1. The summed E-state index contributed by atoms with van der Waals surface area (Å²) in [6, 6.07) is 37.7. The summed E-state index contributed by atoms with van der Waals surface area (Å²) >= 11 is 0. The topological polar surface area (TPSA) is 85.5 Å². The SMILES string of the molecule is C.C.C.C.C.C.CC(C)(C)C1=Nc2cc(C(C)(C)C)ccc2C1.CC(C)(C)c1ccc2nc(C(C)(C)C)[nH]c2c1.CC(C)c1ccc(C(C)C)cc1.CC(C)c1ccc2cc(C(C)C)[nH]c2c1.CC(C)c1ccc2nc(C(C)C)[nH]c2c1. The van der Waals surface area contributed by atoms with Crippen LogP contribution < -0.4 is 0 Å². The third-order valence-corrected chi connectivity index (χ3v) is 14.5. The highest BCUT2D eigenvalue weighted by molar-refractivity contribution is 5.97. The van der Waals surface area contributed by atoms with Gasteiger partial charge in [-0.25, -0.2) is 9.97 Å². The lowest BCUT2D eigenvalue weighted by atomic mass is 9.85. The largest absolute Gasteiger partial charge is 0.358 e. The first kappa shape index (κ1) is 78.3. The van der Waals surface area contributed by atoms with Crippen molar-refractivity contribution in [1.82, 2.24) is 24.9 Å². The van der Waals surface area contributed by atoms with Crippen LogP contribution in [0.5, 0.6) is 0 Å². The van der Waals surface area contributed by atoms with Crippen LogP contribution in [0.3, 0.4) is 0 Å². The van der Waals surface area contributed by atoms with E-state index in [1.165, 1.54) is 66.9 Å². The van der Waals surface area contributed by atoms with Gasteiger partial charge in [0.25, 0.3) is 0 Å². The quantitative estimate of drug-likeness (QED) is 0.155. The first-order valence-corrected chi connectivity index (χ1v) is 28.6. The van der Waals surface area contributed by atoms with Crippen LogP contribution in [-0.4, -0.2) is 30.6 Å². The summed E-state index contributed by atoms with van der Waals surface area (Å²) in [6.07, 6.45) is 1.02. The van der Waals surface area contributed by atoms with Crippen molar-refractivity contribution in [2.75, 3.05) is 0 Å². The molecule has 0 saturated heterocycles. The van der Waals surface area contributed by atoms with Crippen molar-refractivity contribution in [3.8, 4) is 0 Å². The fourth-order valence-electron chi connectivity index (χ4n) is 8.70. The molecule has 5 aromatic carbocycles. The van der Waals surface area contributed by atoms with Crippen molar-refractivity contribution in [3.63, 3.8) is 0 Å². The van der Waals surface area contributed by atoms with Gasteiger partial charge in [0.05, 0.1) is 27.8 Å². The van der Waals surface area contributed by atoms with E-state index in [9.17, 15) is 0 Å². The van der Waals surface area contributed by atoms with Gasteiger partial charge in [-0.3, -0.25) is 4.99 Å². The van der Waals surface area contributed by atoms with E-state index in [4.69, 9.17) is 4.99 Å². The molecular weight excluding hydrogens is 997 g/mol. The van der Waals surface area contributed by atoms with E-state index in [0.29, 0.717) is 35.5 Å². The maximum Gasteiger partial charge on any atom is 0.112 e. The minimum Gasteiger partial charge on any atom is -0.358 e. The summed E-state index contributed by atoms with van der Waals surface area (Å²) in [6.45, 7) is 53.2. The maximum absolute atomic E-state index is 4.81. The van der Waals surface area contributed by atoms with Crippen molar-refractivity contribution < 1.29 is 0 Å². The molecule has 0 radical (unpaired) electrons. The Morgan fingerprint density at radius 1 is 0.366 bits per heavy atom. The zero-order chi connectivity index (χ0) is 56.8. The monoisotopic (exact) mass is 1120 g/mol. The molecule has 0 aliphatic carbocycles. The molecular formula is C76H124N6. The van der Waals surface area contributed by atoms with Crippen LogP contribution >= 0.6 is 0 Å². The molecule has 3 N–H and O–H groups in total. The third-order valence-electron chi connectivity index (χ3n) is 14.5. The van der Waals surface area contributed by atoms with Crippen molar-refractivity contribution in [3.05, 3.63) is 159 Å². The summed E-state index contributed by atoms with van der Waals surface area (Å²) in [4.78, 5) is 24.3. The number of nitrogens with zero attached hydrogens (tertiary/aromatic N) is 3. The molecule has 0 atom stereocenters. The van der Waals surface area contributed by atoms with Crippen LogP contribution in [0.1, 0.15) is 303 Å². The van der Waals surface area contributed by atoms with E-state index in [-0.39, 0.29) is 66.2 Å².